The van der Waals surface area contributed by atoms with Gasteiger partial charge >= 0.3 is 0 Å². The molecule has 0 saturated carbocycles. The van der Waals surface area contributed by atoms with E-state index in [2.05, 4.69) is 41.3 Å². The van der Waals surface area contributed by atoms with Crippen LogP contribution in [0, 0.1) is 5.82 Å². The first-order chi connectivity index (χ1) is 14.6. The molecule has 0 radical (unpaired) electrons. The zero-order valence-corrected chi connectivity index (χ0v) is 16.8. The lowest BCUT2D eigenvalue weighted by molar-refractivity contribution is 0.628. The second-order valence-corrected chi connectivity index (χ2v) is 7.28. The molecule has 9 heteroatoms. The summed E-state index contributed by atoms with van der Waals surface area (Å²) < 4.78 is 15.6. The van der Waals surface area contributed by atoms with Crippen LogP contribution in [0.25, 0.3) is 27.9 Å². The quantitative estimate of drug-likeness (QED) is 0.429. The minimum absolute atomic E-state index is 0.249. The number of anilines is 2. The first-order valence-corrected chi connectivity index (χ1v) is 9.73. The number of benzene rings is 2. The SMILES string of the molecule is O=c1nccccc1Nc1nc2c(Br)cccc2c2nc(-c3ccc(F)cc3)nn12. The summed E-state index contributed by atoms with van der Waals surface area (Å²) in [4.78, 5) is 25.4. The number of hydrogen-bond acceptors (Lipinski definition) is 6. The number of nitrogens with one attached hydrogen (secondary N) is 1. The predicted molar refractivity (Wildman–Crippen MR) is 115 cm³/mol. The maximum Gasteiger partial charge on any atom is 0.293 e. The number of para-hydroxylation sites is 1. The molecule has 0 spiro atoms. The zero-order chi connectivity index (χ0) is 20.7. The summed E-state index contributed by atoms with van der Waals surface area (Å²) in [5, 5.41) is 8.35. The van der Waals surface area contributed by atoms with E-state index in [0.717, 1.165) is 9.86 Å². The van der Waals surface area contributed by atoms with Gasteiger partial charge < -0.3 is 5.32 Å². The lowest BCUT2D eigenvalue weighted by atomic mass is 10.2. The van der Waals surface area contributed by atoms with Gasteiger partial charge in [-0.25, -0.2) is 19.3 Å². The van der Waals surface area contributed by atoms with E-state index in [0.29, 0.717) is 28.5 Å². The Labute approximate surface area is 177 Å². The van der Waals surface area contributed by atoms with Crippen LogP contribution in [-0.2, 0) is 0 Å². The molecule has 30 heavy (non-hydrogen) atoms. The van der Waals surface area contributed by atoms with Crippen molar-refractivity contribution in [3.05, 3.63) is 87.5 Å². The minimum Gasteiger partial charge on any atom is -0.319 e. The van der Waals surface area contributed by atoms with Crippen LogP contribution in [-0.4, -0.2) is 24.6 Å². The van der Waals surface area contributed by atoms with E-state index in [-0.39, 0.29) is 11.5 Å². The Balaban J connectivity index is 1.78. The van der Waals surface area contributed by atoms with Crippen LogP contribution in [0.1, 0.15) is 0 Å². The fourth-order valence-electron chi connectivity index (χ4n) is 3.07. The van der Waals surface area contributed by atoms with Crippen molar-refractivity contribution < 1.29 is 4.39 Å². The topological polar surface area (TPSA) is 85.1 Å². The molecular weight excluding hydrogens is 451 g/mol. The van der Waals surface area contributed by atoms with Crippen LogP contribution < -0.4 is 10.9 Å². The normalized spacial score (nSPS) is 11.1. The number of fused-ring (bicyclic) bond motifs is 3. The van der Waals surface area contributed by atoms with Crippen LogP contribution >= 0.6 is 15.9 Å². The third-order valence-electron chi connectivity index (χ3n) is 4.48. The van der Waals surface area contributed by atoms with Gasteiger partial charge in [-0.1, -0.05) is 12.1 Å². The van der Waals surface area contributed by atoms with Crippen molar-refractivity contribution in [2.24, 2.45) is 0 Å². The lowest BCUT2D eigenvalue weighted by Gasteiger charge is -2.08. The van der Waals surface area contributed by atoms with Gasteiger partial charge in [0.15, 0.2) is 11.5 Å². The molecule has 1 N–H and O–H groups in total. The molecule has 0 fully saturated rings. The van der Waals surface area contributed by atoms with Crippen molar-refractivity contribution in [2.45, 2.75) is 0 Å². The summed E-state index contributed by atoms with van der Waals surface area (Å²) in [5.41, 5.74) is 1.68. The standard InChI is InChI=1S/C21H12BrFN6O/c22-15-5-3-4-14-17(15)26-21(25-16-6-1-2-11-24-20(16)30)29-19(14)27-18(28-29)12-7-9-13(23)10-8-12/h1-11H,(H,24,25,26,30). The molecule has 0 atom stereocenters. The van der Waals surface area contributed by atoms with Gasteiger partial charge in [0.2, 0.25) is 5.95 Å². The highest BCUT2D eigenvalue weighted by Gasteiger charge is 2.16. The van der Waals surface area contributed by atoms with Crippen molar-refractivity contribution in [3.8, 4) is 11.4 Å². The minimum atomic E-state index is -0.430. The highest BCUT2D eigenvalue weighted by atomic mass is 79.9. The number of nitrogens with zero attached hydrogens (tertiary/aromatic N) is 5. The first kappa shape index (κ1) is 18.3. The third-order valence-corrected chi connectivity index (χ3v) is 5.12. The molecule has 0 bridgehead atoms. The summed E-state index contributed by atoms with van der Waals surface area (Å²) in [6, 6.07) is 16.5. The summed E-state index contributed by atoms with van der Waals surface area (Å²) in [7, 11) is 0. The fourth-order valence-corrected chi connectivity index (χ4v) is 3.52. The number of hydrogen-bond donors (Lipinski definition) is 1. The average Bonchev–Trinajstić information content (AvgIpc) is 3.10. The number of rotatable bonds is 3. The Kier molecular flexibility index (Phi) is 4.44. The molecule has 5 rings (SSSR count). The molecule has 2 aromatic carbocycles. The maximum atomic E-state index is 13.3. The predicted octanol–water partition coefficient (Wildman–Crippen LogP) is 4.34. The highest BCUT2D eigenvalue weighted by Crippen LogP contribution is 2.29. The number of aromatic nitrogens is 5. The van der Waals surface area contributed by atoms with Gasteiger partial charge in [0, 0.05) is 21.6 Å². The Morgan fingerprint density at radius 2 is 1.80 bits per heavy atom. The third kappa shape index (κ3) is 3.18. The Hall–Kier alpha value is -3.72. The van der Waals surface area contributed by atoms with Gasteiger partial charge in [0.25, 0.3) is 5.56 Å². The summed E-state index contributed by atoms with van der Waals surface area (Å²) in [5.74, 6) is 0.370. The van der Waals surface area contributed by atoms with Crippen LogP contribution in [0.3, 0.4) is 0 Å². The molecule has 0 unspecified atom stereocenters. The second kappa shape index (κ2) is 7.27. The van der Waals surface area contributed by atoms with E-state index in [1.807, 2.05) is 18.2 Å². The van der Waals surface area contributed by atoms with Gasteiger partial charge in [-0.05, 0) is 64.5 Å². The van der Waals surface area contributed by atoms with Crippen LogP contribution in [0.15, 0.2) is 76.1 Å². The van der Waals surface area contributed by atoms with Gasteiger partial charge in [0.05, 0.1) is 5.52 Å². The molecule has 0 aliphatic rings. The largest absolute Gasteiger partial charge is 0.319 e. The van der Waals surface area contributed by atoms with E-state index < -0.39 is 5.56 Å². The van der Waals surface area contributed by atoms with E-state index in [1.54, 1.807) is 30.3 Å². The van der Waals surface area contributed by atoms with Crippen molar-refractivity contribution in [1.82, 2.24) is 24.6 Å². The molecule has 0 aliphatic carbocycles. The molecule has 0 aliphatic heterocycles. The van der Waals surface area contributed by atoms with E-state index >= 15 is 0 Å². The van der Waals surface area contributed by atoms with Crippen molar-refractivity contribution in [3.63, 3.8) is 0 Å². The van der Waals surface area contributed by atoms with Crippen molar-refractivity contribution >= 4 is 44.1 Å². The summed E-state index contributed by atoms with van der Waals surface area (Å²) in [6.07, 6.45) is 1.43. The monoisotopic (exact) mass is 462 g/mol. The average molecular weight is 463 g/mol. The van der Waals surface area contributed by atoms with Crippen molar-refractivity contribution in [1.29, 1.82) is 0 Å². The molecule has 7 nitrogen and oxygen atoms in total. The van der Waals surface area contributed by atoms with Crippen LogP contribution in [0.4, 0.5) is 16.0 Å². The van der Waals surface area contributed by atoms with Crippen LogP contribution in [0.2, 0.25) is 0 Å². The summed E-state index contributed by atoms with van der Waals surface area (Å²) in [6.45, 7) is 0. The maximum absolute atomic E-state index is 13.3. The molecular formula is C21H12BrFN6O. The van der Waals surface area contributed by atoms with E-state index in [4.69, 9.17) is 0 Å². The number of halogens is 2. The Morgan fingerprint density at radius 1 is 0.967 bits per heavy atom. The zero-order valence-electron chi connectivity index (χ0n) is 15.3. The van der Waals surface area contributed by atoms with Crippen molar-refractivity contribution in [2.75, 3.05) is 5.32 Å². The van der Waals surface area contributed by atoms with Crippen LogP contribution in [0.5, 0.6) is 0 Å². The fraction of sp³-hybridized carbons (Fsp3) is 0. The summed E-state index contributed by atoms with van der Waals surface area (Å²) >= 11 is 3.52. The molecule has 146 valence electrons. The lowest BCUT2D eigenvalue weighted by Crippen LogP contribution is -2.11. The molecule has 3 aromatic heterocycles. The first-order valence-electron chi connectivity index (χ1n) is 8.93. The molecule has 3 heterocycles. The Bertz CT molecular complexity index is 1470. The van der Waals surface area contributed by atoms with E-state index in [1.165, 1.54) is 22.8 Å². The second-order valence-electron chi connectivity index (χ2n) is 6.42. The van der Waals surface area contributed by atoms with Gasteiger partial charge in [-0.15, -0.1) is 5.10 Å². The smallest absolute Gasteiger partial charge is 0.293 e. The molecule has 0 amide bonds. The van der Waals surface area contributed by atoms with Gasteiger partial charge in [0.1, 0.15) is 11.5 Å². The molecule has 0 saturated heterocycles. The molecule has 5 aromatic rings. The van der Waals surface area contributed by atoms with Gasteiger partial charge in [-0.3, -0.25) is 4.79 Å². The highest BCUT2D eigenvalue weighted by molar-refractivity contribution is 9.10. The van der Waals surface area contributed by atoms with E-state index in [9.17, 15) is 9.18 Å². The van der Waals surface area contributed by atoms with Gasteiger partial charge in [-0.2, -0.15) is 4.52 Å². The Morgan fingerprint density at radius 3 is 2.63 bits per heavy atom.